The van der Waals surface area contributed by atoms with Crippen LogP contribution in [0.1, 0.15) is 25.3 Å². The molecule has 3 nitrogen and oxygen atoms in total. The maximum absolute atomic E-state index is 5.88. The zero-order valence-electron chi connectivity index (χ0n) is 11.2. The van der Waals surface area contributed by atoms with Crippen molar-refractivity contribution in [3.05, 3.63) is 22.2 Å². The highest BCUT2D eigenvalue weighted by molar-refractivity contribution is 9.10. The molecule has 2 rings (SSSR count). The Labute approximate surface area is 118 Å². The van der Waals surface area contributed by atoms with E-state index in [4.69, 9.17) is 5.73 Å². The van der Waals surface area contributed by atoms with E-state index < -0.39 is 0 Å². The van der Waals surface area contributed by atoms with Crippen LogP contribution in [-0.2, 0) is 0 Å². The minimum atomic E-state index is 0.581. The average molecular weight is 312 g/mol. The van der Waals surface area contributed by atoms with E-state index in [0.717, 1.165) is 28.0 Å². The third-order valence-corrected chi connectivity index (χ3v) is 4.36. The maximum atomic E-state index is 5.88. The SMILES string of the molecule is Cc1cc(NCC(C)N2CCCC2)c(Br)cc1N. The van der Waals surface area contributed by atoms with Crippen LogP contribution in [0.3, 0.4) is 0 Å². The van der Waals surface area contributed by atoms with Crippen molar-refractivity contribution in [3.63, 3.8) is 0 Å². The number of anilines is 2. The van der Waals surface area contributed by atoms with Gasteiger partial charge in [0.25, 0.3) is 0 Å². The minimum Gasteiger partial charge on any atom is -0.398 e. The van der Waals surface area contributed by atoms with Crippen LogP contribution in [0.15, 0.2) is 16.6 Å². The summed E-state index contributed by atoms with van der Waals surface area (Å²) in [4.78, 5) is 2.55. The number of halogens is 1. The quantitative estimate of drug-likeness (QED) is 0.839. The summed E-state index contributed by atoms with van der Waals surface area (Å²) in [7, 11) is 0. The van der Waals surface area contributed by atoms with Gasteiger partial charge >= 0.3 is 0 Å². The highest BCUT2D eigenvalue weighted by atomic mass is 79.9. The van der Waals surface area contributed by atoms with Gasteiger partial charge in [-0.05, 0) is 73.4 Å². The maximum Gasteiger partial charge on any atom is 0.0489 e. The van der Waals surface area contributed by atoms with Gasteiger partial charge in [0.2, 0.25) is 0 Å². The van der Waals surface area contributed by atoms with Gasteiger partial charge in [0.1, 0.15) is 0 Å². The number of hydrogen-bond acceptors (Lipinski definition) is 3. The summed E-state index contributed by atoms with van der Waals surface area (Å²) < 4.78 is 1.04. The van der Waals surface area contributed by atoms with Gasteiger partial charge in [-0.2, -0.15) is 0 Å². The first kappa shape index (κ1) is 13.7. The number of aryl methyl sites for hydroxylation is 1. The van der Waals surface area contributed by atoms with Crippen LogP contribution < -0.4 is 11.1 Å². The van der Waals surface area contributed by atoms with Crippen molar-refractivity contribution < 1.29 is 0 Å². The topological polar surface area (TPSA) is 41.3 Å². The van der Waals surface area contributed by atoms with Crippen LogP contribution in [0.5, 0.6) is 0 Å². The number of hydrogen-bond donors (Lipinski definition) is 2. The first-order chi connectivity index (χ1) is 8.58. The van der Waals surface area contributed by atoms with Crippen LogP contribution in [0.2, 0.25) is 0 Å². The van der Waals surface area contributed by atoms with Gasteiger partial charge in [-0.1, -0.05) is 0 Å². The van der Waals surface area contributed by atoms with Gasteiger partial charge in [-0.25, -0.2) is 0 Å². The van der Waals surface area contributed by atoms with Gasteiger partial charge in [0, 0.05) is 28.4 Å². The molecule has 0 amide bonds. The Morgan fingerprint density at radius 1 is 1.39 bits per heavy atom. The number of rotatable bonds is 4. The van der Waals surface area contributed by atoms with Crippen LogP contribution >= 0.6 is 15.9 Å². The van der Waals surface area contributed by atoms with E-state index >= 15 is 0 Å². The molecule has 1 unspecified atom stereocenters. The van der Waals surface area contributed by atoms with Gasteiger partial charge in [-0.3, -0.25) is 4.90 Å². The molecule has 0 radical (unpaired) electrons. The molecule has 18 heavy (non-hydrogen) atoms. The van der Waals surface area contributed by atoms with E-state index in [1.807, 2.05) is 13.0 Å². The van der Waals surface area contributed by atoms with Crippen molar-refractivity contribution in [2.24, 2.45) is 0 Å². The van der Waals surface area contributed by atoms with E-state index in [1.54, 1.807) is 0 Å². The largest absolute Gasteiger partial charge is 0.398 e. The molecule has 0 saturated carbocycles. The third kappa shape index (κ3) is 3.18. The number of nitrogens with two attached hydrogens (primary N) is 1. The zero-order valence-corrected chi connectivity index (χ0v) is 12.8. The zero-order chi connectivity index (χ0) is 13.1. The van der Waals surface area contributed by atoms with E-state index in [1.165, 1.54) is 25.9 Å². The van der Waals surface area contributed by atoms with Crippen molar-refractivity contribution in [1.29, 1.82) is 0 Å². The molecule has 100 valence electrons. The first-order valence-corrected chi connectivity index (χ1v) is 7.41. The van der Waals surface area contributed by atoms with Gasteiger partial charge in [-0.15, -0.1) is 0 Å². The molecular formula is C14H22BrN3. The fourth-order valence-electron chi connectivity index (χ4n) is 2.40. The lowest BCUT2D eigenvalue weighted by Crippen LogP contribution is -2.35. The molecule has 0 aromatic heterocycles. The van der Waals surface area contributed by atoms with Crippen LogP contribution in [0, 0.1) is 6.92 Å². The number of benzene rings is 1. The number of likely N-dealkylation sites (tertiary alicyclic amines) is 1. The molecule has 0 bridgehead atoms. The standard InChI is InChI=1S/C14H22BrN3/c1-10-7-14(12(15)8-13(10)16)17-9-11(2)18-5-3-4-6-18/h7-8,11,17H,3-6,9,16H2,1-2H3. The summed E-state index contributed by atoms with van der Waals surface area (Å²) in [6.45, 7) is 7.78. The molecule has 1 heterocycles. The van der Waals surface area contributed by atoms with E-state index in [9.17, 15) is 0 Å². The minimum absolute atomic E-state index is 0.581. The summed E-state index contributed by atoms with van der Waals surface area (Å²) >= 11 is 3.56. The number of nitrogen functional groups attached to an aromatic ring is 1. The van der Waals surface area contributed by atoms with Crippen molar-refractivity contribution in [3.8, 4) is 0 Å². The molecule has 1 aromatic rings. The van der Waals surface area contributed by atoms with E-state index in [0.29, 0.717) is 6.04 Å². The fourth-order valence-corrected chi connectivity index (χ4v) is 2.90. The summed E-state index contributed by atoms with van der Waals surface area (Å²) in [5.74, 6) is 0. The second-order valence-corrected chi connectivity index (χ2v) is 6.02. The summed E-state index contributed by atoms with van der Waals surface area (Å²) in [6, 6.07) is 4.66. The lowest BCUT2D eigenvalue weighted by atomic mass is 10.2. The Bertz CT molecular complexity index is 414. The van der Waals surface area contributed by atoms with Crippen LogP contribution in [0.25, 0.3) is 0 Å². The lowest BCUT2D eigenvalue weighted by molar-refractivity contribution is 0.269. The molecule has 0 aliphatic carbocycles. The van der Waals surface area contributed by atoms with Crippen LogP contribution in [-0.4, -0.2) is 30.6 Å². The second-order valence-electron chi connectivity index (χ2n) is 5.16. The predicted molar refractivity (Wildman–Crippen MR) is 82.1 cm³/mol. The van der Waals surface area contributed by atoms with E-state index in [-0.39, 0.29) is 0 Å². The average Bonchev–Trinajstić information content (AvgIpc) is 2.85. The van der Waals surface area contributed by atoms with Crippen LogP contribution in [0.4, 0.5) is 11.4 Å². The molecular weight excluding hydrogens is 290 g/mol. The molecule has 3 N–H and O–H groups in total. The summed E-state index contributed by atoms with van der Waals surface area (Å²) in [5.41, 5.74) is 8.96. The molecule has 0 spiro atoms. The Balaban J connectivity index is 1.95. The van der Waals surface area contributed by atoms with E-state index in [2.05, 4.69) is 39.1 Å². The Hall–Kier alpha value is -0.740. The Morgan fingerprint density at radius 3 is 2.72 bits per heavy atom. The predicted octanol–water partition coefficient (Wildman–Crippen LogP) is 3.24. The number of nitrogens with zero attached hydrogens (tertiary/aromatic N) is 1. The fraction of sp³-hybridized carbons (Fsp3) is 0.571. The van der Waals surface area contributed by atoms with Crippen molar-refractivity contribution >= 4 is 27.3 Å². The molecule has 1 saturated heterocycles. The third-order valence-electron chi connectivity index (χ3n) is 3.71. The van der Waals surface area contributed by atoms with Crippen molar-refractivity contribution in [1.82, 2.24) is 4.90 Å². The Morgan fingerprint density at radius 2 is 2.06 bits per heavy atom. The Kier molecular flexibility index (Phi) is 4.51. The first-order valence-electron chi connectivity index (χ1n) is 6.61. The molecule has 1 atom stereocenters. The molecule has 1 aliphatic rings. The number of nitrogens with one attached hydrogen (secondary N) is 1. The highest BCUT2D eigenvalue weighted by Gasteiger charge is 2.17. The monoisotopic (exact) mass is 311 g/mol. The smallest absolute Gasteiger partial charge is 0.0489 e. The summed E-state index contributed by atoms with van der Waals surface area (Å²) in [6.07, 6.45) is 2.68. The normalized spacial score (nSPS) is 17.9. The van der Waals surface area contributed by atoms with Gasteiger partial charge in [0.05, 0.1) is 0 Å². The summed E-state index contributed by atoms with van der Waals surface area (Å²) in [5, 5.41) is 3.51. The van der Waals surface area contributed by atoms with Crippen molar-refractivity contribution in [2.75, 3.05) is 30.7 Å². The highest BCUT2D eigenvalue weighted by Crippen LogP contribution is 2.27. The lowest BCUT2D eigenvalue weighted by Gasteiger charge is -2.24. The molecule has 4 heteroatoms. The molecule has 1 aliphatic heterocycles. The second kappa shape index (κ2) is 5.93. The van der Waals surface area contributed by atoms with Gasteiger partial charge in [0.15, 0.2) is 0 Å². The molecule has 1 aromatic carbocycles. The molecule has 1 fully saturated rings. The van der Waals surface area contributed by atoms with Crippen molar-refractivity contribution in [2.45, 2.75) is 32.7 Å². The van der Waals surface area contributed by atoms with Gasteiger partial charge < -0.3 is 11.1 Å².